The van der Waals surface area contributed by atoms with E-state index in [9.17, 15) is 0 Å². The van der Waals surface area contributed by atoms with Crippen molar-refractivity contribution in [2.45, 2.75) is 45.6 Å². The first-order chi connectivity index (χ1) is 7.74. The molecule has 0 saturated heterocycles. The Morgan fingerprint density at radius 1 is 0.941 bits per heavy atom. The lowest BCUT2D eigenvalue weighted by Gasteiger charge is -2.25. The second-order valence-electron chi connectivity index (χ2n) is 6.31. The smallest absolute Gasteiger partial charge is 0.0340 e. The minimum Gasteiger partial charge on any atom is -0.383 e. The van der Waals surface area contributed by atoms with Gasteiger partial charge in [-0.05, 0) is 44.0 Å². The van der Waals surface area contributed by atoms with E-state index in [-0.39, 0.29) is 11.0 Å². The van der Waals surface area contributed by atoms with Gasteiger partial charge in [0, 0.05) is 17.8 Å². The van der Waals surface area contributed by atoms with Crippen LogP contribution in [0.2, 0.25) is 0 Å². The fraction of sp³-hybridized carbons (Fsp3) is 0.600. The average Bonchev–Trinajstić information content (AvgIpc) is 2.26. The van der Waals surface area contributed by atoms with Crippen LogP contribution in [0.1, 0.15) is 40.2 Å². The summed E-state index contributed by atoms with van der Waals surface area (Å²) in [4.78, 5) is 0. The van der Waals surface area contributed by atoms with E-state index >= 15 is 0 Å². The number of likely N-dealkylation sites (N-methyl/N-ethyl adjacent to an activating group) is 1. The average molecular weight is 234 g/mol. The zero-order valence-electron chi connectivity index (χ0n) is 12.0. The van der Waals surface area contributed by atoms with E-state index in [1.165, 1.54) is 11.3 Å². The molecule has 0 aromatic heterocycles. The molecule has 1 aromatic rings. The zero-order valence-corrected chi connectivity index (χ0v) is 12.0. The van der Waals surface area contributed by atoms with E-state index in [1.807, 2.05) is 7.05 Å². The van der Waals surface area contributed by atoms with Gasteiger partial charge in [0.2, 0.25) is 0 Å². The molecule has 1 rings (SSSR count). The molecule has 96 valence electrons. The Morgan fingerprint density at radius 2 is 1.47 bits per heavy atom. The minimum absolute atomic E-state index is 0.114. The summed E-state index contributed by atoms with van der Waals surface area (Å²) in [7, 11) is 1.99. The second-order valence-corrected chi connectivity index (χ2v) is 6.31. The van der Waals surface area contributed by atoms with E-state index in [0.717, 1.165) is 6.54 Å². The molecule has 0 aliphatic heterocycles. The van der Waals surface area contributed by atoms with Crippen LogP contribution in [0, 0.1) is 0 Å². The van der Waals surface area contributed by atoms with Crippen LogP contribution in [0.4, 0.5) is 5.69 Å². The summed E-state index contributed by atoms with van der Waals surface area (Å²) in [6, 6.07) is 8.72. The van der Waals surface area contributed by atoms with Crippen molar-refractivity contribution in [2.24, 2.45) is 0 Å². The highest BCUT2D eigenvalue weighted by Crippen LogP contribution is 2.23. The molecule has 0 spiro atoms. The predicted molar refractivity (Wildman–Crippen MR) is 76.8 cm³/mol. The summed E-state index contributed by atoms with van der Waals surface area (Å²) in [5, 5.41) is 6.74. The van der Waals surface area contributed by atoms with Gasteiger partial charge >= 0.3 is 0 Å². The topological polar surface area (TPSA) is 24.1 Å². The van der Waals surface area contributed by atoms with Crippen LogP contribution < -0.4 is 10.6 Å². The molecule has 2 nitrogen and oxygen atoms in total. The lowest BCUT2D eigenvalue weighted by molar-refractivity contribution is 0.448. The highest BCUT2D eigenvalue weighted by molar-refractivity contribution is 5.46. The number of hydrogen-bond acceptors (Lipinski definition) is 2. The Hall–Kier alpha value is -1.02. The van der Waals surface area contributed by atoms with Crippen molar-refractivity contribution in [3.8, 4) is 0 Å². The van der Waals surface area contributed by atoms with Crippen LogP contribution in [-0.4, -0.2) is 19.1 Å². The van der Waals surface area contributed by atoms with Crippen molar-refractivity contribution in [3.05, 3.63) is 29.8 Å². The first-order valence-corrected chi connectivity index (χ1v) is 6.28. The van der Waals surface area contributed by atoms with Crippen molar-refractivity contribution < 1.29 is 0 Å². The third-order valence-electron chi connectivity index (χ3n) is 3.16. The van der Waals surface area contributed by atoms with Gasteiger partial charge in [-0.25, -0.2) is 0 Å². The second kappa shape index (κ2) is 5.09. The molecule has 0 radical (unpaired) electrons. The third-order valence-corrected chi connectivity index (χ3v) is 3.16. The predicted octanol–water partition coefficient (Wildman–Crippen LogP) is 3.39. The number of hydrogen-bond donors (Lipinski definition) is 2. The maximum atomic E-state index is 3.45. The molecule has 0 heterocycles. The molecule has 1 aromatic carbocycles. The standard InChI is InChI=1S/C15H26N2/c1-14(2,3)12-7-9-13(10-8-12)17-11-15(4,5)16-6/h7-10,16-17H,11H2,1-6H3. The molecule has 0 unspecified atom stereocenters. The molecule has 0 amide bonds. The van der Waals surface area contributed by atoms with E-state index in [1.54, 1.807) is 0 Å². The van der Waals surface area contributed by atoms with Crippen molar-refractivity contribution in [1.29, 1.82) is 0 Å². The fourth-order valence-corrected chi connectivity index (χ4v) is 1.50. The SMILES string of the molecule is CNC(C)(C)CNc1ccc(C(C)(C)C)cc1. The zero-order chi connectivity index (χ0) is 13.1. The van der Waals surface area contributed by atoms with Crippen LogP contribution in [0.15, 0.2) is 24.3 Å². The minimum atomic E-state index is 0.114. The van der Waals surface area contributed by atoms with Crippen LogP contribution in [-0.2, 0) is 5.41 Å². The molecule has 0 fully saturated rings. The van der Waals surface area contributed by atoms with E-state index in [2.05, 4.69) is 69.5 Å². The van der Waals surface area contributed by atoms with Gasteiger partial charge in [-0.2, -0.15) is 0 Å². The summed E-state index contributed by atoms with van der Waals surface area (Å²) >= 11 is 0. The summed E-state index contributed by atoms with van der Waals surface area (Å²) in [6.07, 6.45) is 0. The van der Waals surface area contributed by atoms with Crippen molar-refractivity contribution in [3.63, 3.8) is 0 Å². The summed E-state index contributed by atoms with van der Waals surface area (Å²) in [6.45, 7) is 12.0. The Bertz CT molecular complexity index is 344. The molecule has 0 bridgehead atoms. The molecular formula is C15H26N2. The Balaban J connectivity index is 2.64. The normalized spacial score (nSPS) is 12.6. The lowest BCUT2D eigenvalue weighted by Crippen LogP contribution is -2.42. The Labute approximate surface area is 106 Å². The molecule has 0 saturated carbocycles. The van der Waals surface area contributed by atoms with Gasteiger partial charge in [0.1, 0.15) is 0 Å². The van der Waals surface area contributed by atoms with E-state index < -0.39 is 0 Å². The third kappa shape index (κ3) is 4.39. The first kappa shape index (κ1) is 14.0. The quantitative estimate of drug-likeness (QED) is 0.834. The summed E-state index contributed by atoms with van der Waals surface area (Å²) in [5.41, 5.74) is 2.89. The first-order valence-electron chi connectivity index (χ1n) is 6.28. The van der Waals surface area contributed by atoms with Crippen LogP contribution in [0.3, 0.4) is 0 Å². The number of anilines is 1. The summed E-state index contributed by atoms with van der Waals surface area (Å²) < 4.78 is 0. The number of benzene rings is 1. The summed E-state index contributed by atoms with van der Waals surface area (Å²) in [5.74, 6) is 0. The highest BCUT2D eigenvalue weighted by atomic mass is 15.0. The van der Waals surface area contributed by atoms with Crippen LogP contribution in [0.25, 0.3) is 0 Å². The maximum absolute atomic E-state index is 3.45. The van der Waals surface area contributed by atoms with Crippen LogP contribution >= 0.6 is 0 Å². The number of rotatable bonds is 4. The van der Waals surface area contributed by atoms with Crippen LogP contribution in [0.5, 0.6) is 0 Å². The molecular weight excluding hydrogens is 208 g/mol. The van der Waals surface area contributed by atoms with Gasteiger partial charge in [0.15, 0.2) is 0 Å². The van der Waals surface area contributed by atoms with Gasteiger partial charge in [-0.3, -0.25) is 0 Å². The van der Waals surface area contributed by atoms with Gasteiger partial charge < -0.3 is 10.6 Å². The maximum Gasteiger partial charge on any atom is 0.0340 e. The molecule has 0 aliphatic rings. The van der Waals surface area contributed by atoms with Gasteiger partial charge in [-0.1, -0.05) is 32.9 Å². The Kier molecular flexibility index (Phi) is 4.21. The highest BCUT2D eigenvalue weighted by Gasteiger charge is 2.15. The molecule has 17 heavy (non-hydrogen) atoms. The van der Waals surface area contributed by atoms with Crippen molar-refractivity contribution in [2.75, 3.05) is 18.9 Å². The van der Waals surface area contributed by atoms with Gasteiger partial charge in [-0.15, -0.1) is 0 Å². The number of nitrogens with one attached hydrogen (secondary N) is 2. The van der Waals surface area contributed by atoms with Crippen molar-refractivity contribution >= 4 is 5.69 Å². The monoisotopic (exact) mass is 234 g/mol. The molecule has 2 N–H and O–H groups in total. The van der Waals surface area contributed by atoms with E-state index in [4.69, 9.17) is 0 Å². The molecule has 0 aliphatic carbocycles. The largest absolute Gasteiger partial charge is 0.383 e. The van der Waals surface area contributed by atoms with Gasteiger partial charge in [0.25, 0.3) is 0 Å². The van der Waals surface area contributed by atoms with E-state index in [0.29, 0.717) is 0 Å². The van der Waals surface area contributed by atoms with Gasteiger partial charge in [0.05, 0.1) is 0 Å². The van der Waals surface area contributed by atoms with Crippen molar-refractivity contribution in [1.82, 2.24) is 5.32 Å². The lowest BCUT2D eigenvalue weighted by atomic mass is 9.87. The fourth-order valence-electron chi connectivity index (χ4n) is 1.50. The Morgan fingerprint density at radius 3 is 1.88 bits per heavy atom. The molecule has 2 heteroatoms. The molecule has 0 atom stereocenters.